The zero-order chi connectivity index (χ0) is 24.8. The van der Waals surface area contributed by atoms with Crippen LogP contribution in [0, 0.1) is 5.41 Å². The number of hydrogen-bond donors (Lipinski definition) is 3. The molecule has 0 aromatic carbocycles. The largest absolute Gasteiger partial charge is 0.393 e. The molecule has 35 heavy (non-hydrogen) atoms. The number of amides is 1. The molecule has 1 aliphatic heterocycles. The maximum absolute atomic E-state index is 12.2. The maximum atomic E-state index is 12.2. The molecule has 0 unspecified atom stereocenters. The van der Waals surface area contributed by atoms with Gasteiger partial charge < -0.3 is 20.9 Å². The fraction of sp³-hybridized carbons (Fsp3) is 0.308. The Labute approximate surface area is 205 Å². The van der Waals surface area contributed by atoms with Gasteiger partial charge in [-0.05, 0) is 44.0 Å². The van der Waals surface area contributed by atoms with E-state index < -0.39 is 0 Å². The van der Waals surface area contributed by atoms with E-state index in [1.807, 2.05) is 35.2 Å². The van der Waals surface area contributed by atoms with E-state index in [2.05, 4.69) is 27.5 Å². The van der Waals surface area contributed by atoms with Crippen LogP contribution in [0.15, 0.2) is 55.1 Å². The number of aromatic nitrogens is 4. The number of nitrogens with one attached hydrogen (secondary N) is 3. The fourth-order valence-electron chi connectivity index (χ4n) is 4.29. The lowest BCUT2D eigenvalue weighted by Gasteiger charge is -2.37. The molecule has 3 aromatic heterocycles. The van der Waals surface area contributed by atoms with E-state index in [1.54, 1.807) is 38.8 Å². The van der Waals surface area contributed by atoms with E-state index >= 15 is 0 Å². The molecule has 9 nitrogen and oxygen atoms in total. The van der Waals surface area contributed by atoms with Gasteiger partial charge in [0.15, 0.2) is 0 Å². The van der Waals surface area contributed by atoms with Crippen LogP contribution in [0.5, 0.6) is 0 Å². The number of nitrogens with zero attached hydrogens (tertiary/aromatic N) is 5. The molecule has 1 saturated heterocycles. The third-order valence-electron chi connectivity index (χ3n) is 6.14. The summed E-state index contributed by atoms with van der Waals surface area (Å²) in [5.74, 6) is 1.47. The molecule has 0 spiro atoms. The summed E-state index contributed by atoms with van der Waals surface area (Å²) in [5, 5.41) is 14.0. The molecule has 4 rings (SSSR count). The minimum atomic E-state index is 0.0448. The zero-order valence-electron chi connectivity index (χ0n) is 20.2. The normalized spacial score (nSPS) is 18.1. The molecule has 0 saturated carbocycles. The van der Waals surface area contributed by atoms with Gasteiger partial charge in [-0.1, -0.05) is 0 Å². The van der Waals surface area contributed by atoms with E-state index in [0.29, 0.717) is 29.5 Å². The molecule has 4 heterocycles. The minimum Gasteiger partial charge on any atom is -0.393 e. The standard InChI is InChI=1S/C26H30N8O/c1-17-6-7-20(16-34(17)18(2)35)26-32-24(19-5-4-9-29-15-19)12-25(33-26)31-22-8-10-30-23(11-22)21(13-27)14-28-3/h4-5,8-15,17,20,27-28H,6-7,16H2,1-3H3,(H,30,31,32,33)/b21-14+,27-13?/t17-,20+/m0/s1. The predicted molar refractivity (Wildman–Crippen MR) is 137 cm³/mol. The lowest BCUT2D eigenvalue weighted by Crippen LogP contribution is -2.44. The van der Waals surface area contributed by atoms with Gasteiger partial charge in [-0.3, -0.25) is 14.8 Å². The highest BCUT2D eigenvalue weighted by Crippen LogP contribution is 2.31. The molecule has 1 aliphatic rings. The van der Waals surface area contributed by atoms with Crippen molar-refractivity contribution in [1.82, 2.24) is 30.2 Å². The third-order valence-corrected chi connectivity index (χ3v) is 6.14. The fourth-order valence-corrected chi connectivity index (χ4v) is 4.29. The van der Waals surface area contributed by atoms with Crippen molar-refractivity contribution in [1.29, 1.82) is 5.41 Å². The van der Waals surface area contributed by atoms with Crippen molar-refractivity contribution in [2.24, 2.45) is 0 Å². The van der Waals surface area contributed by atoms with E-state index in [4.69, 9.17) is 15.4 Å². The highest BCUT2D eigenvalue weighted by molar-refractivity contribution is 6.07. The van der Waals surface area contributed by atoms with Gasteiger partial charge in [0.2, 0.25) is 5.91 Å². The van der Waals surface area contributed by atoms with E-state index in [0.717, 1.165) is 29.8 Å². The Kier molecular flexibility index (Phi) is 7.45. The number of likely N-dealkylation sites (tertiary alicyclic amines) is 1. The summed E-state index contributed by atoms with van der Waals surface area (Å²) < 4.78 is 0. The van der Waals surface area contributed by atoms with Crippen LogP contribution < -0.4 is 10.6 Å². The molecule has 0 radical (unpaired) electrons. The topological polar surface area (TPSA) is 120 Å². The molecule has 3 aromatic rings. The quantitative estimate of drug-likeness (QED) is 0.446. The molecule has 0 bridgehead atoms. The first kappa shape index (κ1) is 24.0. The van der Waals surface area contributed by atoms with E-state index in [1.165, 1.54) is 6.21 Å². The van der Waals surface area contributed by atoms with Crippen LogP contribution in [0.3, 0.4) is 0 Å². The summed E-state index contributed by atoms with van der Waals surface area (Å²) in [6.07, 6.45) is 10.0. The second-order valence-electron chi connectivity index (χ2n) is 8.62. The Morgan fingerprint density at radius 3 is 2.77 bits per heavy atom. The van der Waals surface area contributed by atoms with Crippen molar-refractivity contribution < 1.29 is 4.79 Å². The van der Waals surface area contributed by atoms with Crippen LogP contribution in [-0.2, 0) is 4.79 Å². The van der Waals surface area contributed by atoms with Crippen LogP contribution in [0.1, 0.15) is 44.1 Å². The number of hydrogen-bond acceptors (Lipinski definition) is 8. The third kappa shape index (κ3) is 5.68. The van der Waals surface area contributed by atoms with Gasteiger partial charge in [0.25, 0.3) is 0 Å². The van der Waals surface area contributed by atoms with Gasteiger partial charge in [0, 0.05) is 86.4 Å². The molecule has 0 aliphatic carbocycles. The van der Waals surface area contributed by atoms with Crippen molar-refractivity contribution in [2.75, 3.05) is 18.9 Å². The lowest BCUT2D eigenvalue weighted by molar-refractivity contribution is -0.132. The lowest BCUT2D eigenvalue weighted by atomic mass is 9.92. The Balaban J connectivity index is 1.70. The van der Waals surface area contributed by atoms with Crippen molar-refractivity contribution in [3.8, 4) is 11.3 Å². The molecule has 1 fully saturated rings. The van der Waals surface area contributed by atoms with Crippen molar-refractivity contribution in [3.05, 3.63) is 66.6 Å². The smallest absolute Gasteiger partial charge is 0.219 e. The number of rotatable bonds is 7. The molecule has 180 valence electrons. The van der Waals surface area contributed by atoms with Crippen LogP contribution in [0.4, 0.5) is 11.5 Å². The van der Waals surface area contributed by atoms with Gasteiger partial charge in [0.1, 0.15) is 11.6 Å². The molecule has 1 amide bonds. The average molecular weight is 471 g/mol. The predicted octanol–water partition coefficient (Wildman–Crippen LogP) is 4.00. The number of allylic oxidation sites excluding steroid dienone is 1. The summed E-state index contributed by atoms with van der Waals surface area (Å²) in [6.45, 7) is 4.30. The summed E-state index contributed by atoms with van der Waals surface area (Å²) >= 11 is 0. The Bertz CT molecular complexity index is 1230. The van der Waals surface area contributed by atoms with Gasteiger partial charge in [-0.15, -0.1) is 0 Å². The highest BCUT2D eigenvalue weighted by Gasteiger charge is 2.30. The summed E-state index contributed by atoms with van der Waals surface area (Å²) in [6, 6.07) is 9.70. The van der Waals surface area contributed by atoms with Gasteiger partial charge in [-0.2, -0.15) is 0 Å². The van der Waals surface area contributed by atoms with E-state index in [-0.39, 0.29) is 17.9 Å². The SMILES string of the molecule is CN/C=C(\C=N)c1cc(Nc2cc(-c3cccnc3)nc([C@@H]3CC[C@H](C)N(C(C)=O)C3)n2)ccn1. The Morgan fingerprint density at radius 2 is 2.06 bits per heavy atom. The van der Waals surface area contributed by atoms with Crippen molar-refractivity contribution >= 4 is 29.2 Å². The molecule has 3 N–H and O–H groups in total. The van der Waals surface area contributed by atoms with Crippen molar-refractivity contribution in [2.45, 2.75) is 38.6 Å². The number of piperidine rings is 1. The summed E-state index contributed by atoms with van der Waals surface area (Å²) in [4.78, 5) is 32.4. The second-order valence-corrected chi connectivity index (χ2v) is 8.62. The molecular weight excluding hydrogens is 440 g/mol. The van der Waals surface area contributed by atoms with Gasteiger partial charge >= 0.3 is 0 Å². The average Bonchev–Trinajstić information content (AvgIpc) is 2.88. The summed E-state index contributed by atoms with van der Waals surface area (Å²) in [7, 11) is 1.78. The van der Waals surface area contributed by atoms with E-state index in [9.17, 15) is 4.79 Å². The Morgan fingerprint density at radius 1 is 1.20 bits per heavy atom. The monoisotopic (exact) mass is 470 g/mol. The molecule has 2 atom stereocenters. The van der Waals surface area contributed by atoms with Gasteiger partial charge in [-0.25, -0.2) is 9.97 Å². The van der Waals surface area contributed by atoms with Crippen LogP contribution in [0.25, 0.3) is 16.8 Å². The Hall–Kier alpha value is -4.14. The number of carbonyl (C=O) groups excluding carboxylic acids is 1. The highest BCUT2D eigenvalue weighted by atomic mass is 16.2. The molecule has 9 heteroatoms. The van der Waals surface area contributed by atoms with Crippen LogP contribution in [0.2, 0.25) is 0 Å². The van der Waals surface area contributed by atoms with Crippen LogP contribution >= 0.6 is 0 Å². The minimum absolute atomic E-state index is 0.0448. The number of pyridine rings is 2. The van der Waals surface area contributed by atoms with Crippen molar-refractivity contribution in [3.63, 3.8) is 0 Å². The zero-order valence-corrected chi connectivity index (χ0v) is 20.2. The molecular formula is C26H30N8O. The second kappa shape index (κ2) is 10.9. The first-order chi connectivity index (χ1) is 17.0. The number of anilines is 2. The first-order valence-corrected chi connectivity index (χ1v) is 11.7. The van der Waals surface area contributed by atoms with Gasteiger partial charge in [0.05, 0.1) is 11.4 Å². The number of carbonyl (C=O) groups is 1. The first-order valence-electron chi connectivity index (χ1n) is 11.7. The van der Waals surface area contributed by atoms with Crippen LogP contribution in [-0.4, -0.2) is 56.6 Å². The summed E-state index contributed by atoms with van der Waals surface area (Å²) in [5.41, 5.74) is 3.78. The maximum Gasteiger partial charge on any atom is 0.219 e.